The predicted molar refractivity (Wildman–Crippen MR) is 78.2 cm³/mol. The molecule has 0 saturated heterocycles. The van der Waals surface area contributed by atoms with E-state index in [1.807, 2.05) is 32.9 Å². The topological polar surface area (TPSA) is 58.6 Å². The highest BCUT2D eigenvalue weighted by atomic mass is 16.5. The first-order valence-corrected chi connectivity index (χ1v) is 7.19. The van der Waals surface area contributed by atoms with Crippen LogP contribution in [0, 0.1) is 13.8 Å². The van der Waals surface area contributed by atoms with Gasteiger partial charge in [-0.3, -0.25) is 4.79 Å². The smallest absolute Gasteiger partial charge is 0.324 e. The molecular formula is C16H23NO3. The number of carboxylic acids is 1. The van der Waals surface area contributed by atoms with Crippen molar-refractivity contribution in [3.63, 3.8) is 0 Å². The van der Waals surface area contributed by atoms with Gasteiger partial charge in [-0.2, -0.15) is 0 Å². The van der Waals surface area contributed by atoms with Crippen LogP contribution in [0.25, 0.3) is 0 Å². The van der Waals surface area contributed by atoms with E-state index in [-0.39, 0.29) is 6.10 Å². The Morgan fingerprint density at radius 3 is 2.85 bits per heavy atom. The minimum atomic E-state index is -0.821. The van der Waals surface area contributed by atoms with Gasteiger partial charge in [0.15, 0.2) is 0 Å². The Balaban J connectivity index is 2.07. The van der Waals surface area contributed by atoms with Crippen molar-refractivity contribution in [2.75, 3.05) is 6.54 Å². The van der Waals surface area contributed by atoms with Crippen molar-refractivity contribution in [2.24, 2.45) is 0 Å². The van der Waals surface area contributed by atoms with Crippen LogP contribution < -0.4 is 10.1 Å². The third-order valence-electron chi connectivity index (χ3n) is 4.02. The van der Waals surface area contributed by atoms with E-state index in [2.05, 4.69) is 11.4 Å². The van der Waals surface area contributed by atoms with Crippen LogP contribution in [0.1, 0.15) is 37.3 Å². The Labute approximate surface area is 120 Å². The number of aryl methyl sites for hydroxylation is 2. The van der Waals surface area contributed by atoms with Gasteiger partial charge in [0.25, 0.3) is 0 Å². The second-order valence-electron chi connectivity index (χ2n) is 5.67. The van der Waals surface area contributed by atoms with Crippen LogP contribution in [0.3, 0.4) is 0 Å². The average molecular weight is 277 g/mol. The molecule has 0 heterocycles. The lowest BCUT2D eigenvalue weighted by atomic mass is 9.98. The van der Waals surface area contributed by atoms with Crippen molar-refractivity contribution in [2.45, 2.75) is 51.7 Å². The largest absolute Gasteiger partial charge is 0.490 e. The Hall–Kier alpha value is -1.55. The van der Waals surface area contributed by atoms with Crippen molar-refractivity contribution >= 4 is 5.97 Å². The summed E-state index contributed by atoms with van der Waals surface area (Å²) in [6, 6.07) is 6.07. The number of carboxylic acid groups (broad SMARTS) is 1. The summed E-state index contributed by atoms with van der Waals surface area (Å²) in [6.07, 6.45) is 1.87. The summed E-state index contributed by atoms with van der Waals surface area (Å²) in [7, 11) is 0. The van der Waals surface area contributed by atoms with Gasteiger partial charge in [-0.15, -0.1) is 0 Å². The molecule has 2 N–H and O–H groups in total. The molecule has 0 aromatic heterocycles. The molecule has 2 atom stereocenters. The third-order valence-corrected chi connectivity index (χ3v) is 4.02. The third kappa shape index (κ3) is 2.96. The fraction of sp³-hybridized carbons (Fsp3) is 0.562. The molecule has 0 radical (unpaired) electrons. The monoisotopic (exact) mass is 277 g/mol. The summed E-state index contributed by atoms with van der Waals surface area (Å²) in [5, 5.41) is 12.6. The number of hydrogen-bond acceptors (Lipinski definition) is 3. The Bertz CT molecular complexity index is 500. The molecule has 4 nitrogen and oxygen atoms in total. The molecule has 1 aliphatic rings. The Morgan fingerprint density at radius 2 is 2.25 bits per heavy atom. The van der Waals surface area contributed by atoms with Gasteiger partial charge in [-0.1, -0.05) is 24.6 Å². The molecule has 1 aliphatic carbocycles. The zero-order chi connectivity index (χ0) is 14.8. The summed E-state index contributed by atoms with van der Waals surface area (Å²) in [6.45, 7) is 6.66. The maximum Gasteiger partial charge on any atom is 0.324 e. The van der Waals surface area contributed by atoms with E-state index >= 15 is 0 Å². The zero-order valence-corrected chi connectivity index (χ0v) is 12.4. The first kappa shape index (κ1) is 14.9. The van der Waals surface area contributed by atoms with Crippen LogP contribution in [-0.4, -0.2) is 29.3 Å². The normalized spacial score (nSPS) is 25.6. The summed E-state index contributed by atoms with van der Waals surface area (Å²) in [4.78, 5) is 11.5. The van der Waals surface area contributed by atoms with Crippen LogP contribution in [0.15, 0.2) is 18.2 Å². The van der Waals surface area contributed by atoms with Crippen molar-refractivity contribution in [3.8, 4) is 5.75 Å². The van der Waals surface area contributed by atoms with E-state index in [1.165, 1.54) is 5.56 Å². The van der Waals surface area contributed by atoms with Gasteiger partial charge < -0.3 is 15.2 Å². The highest BCUT2D eigenvalue weighted by molar-refractivity contribution is 5.79. The molecule has 1 fully saturated rings. The lowest BCUT2D eigenvalue weighted by molar-refractivity contribution is -0.144. The molecule has 2 unspecified atom stereocenters. The summed E-state index contributed by atoms with van der Waals surface area (Å²) < 4.78 is 6.01. The number of carbonyl (C=O) groups is 1. The molecule has 110 valence electrons. The minimum Gasteiger partial charge on any atom is -0.490 e. The molecule has 20 heavy (non-hydrogen) atoms. The number of aliphatic carboxylic acids is 1. The Kier molecular flexibility index (Phi) is 4.33. The summed E-state index contributed by atoms with van der Waals surface area (Å²) in [5.41, 5.74) is 1.48. The summed E-state index contributed by atoms with van der Waals surface area (Å²) in [5.74, 6) is 0.0874. The molecule has 2 rings (SSSR count). The van der Waals surface area contributed by atoms with E-state index in [1.54, 1.807) is 0 Å². The van der Waals surface area contributed by atoms with Gasteiger partial charge >= 0.3 is 5.97 Å². The van der Waals surface area contributed by atoms with Crippen LogP contribution in [0.2, 0.25) is 0 Å². The average Bonchev–Trinajstić information content (AvgIpc) is 2.78. The van der Waals surface area contributed by atoms with Crippen LogP contribution in [0.5, 0.6) is 5.75 Å². The van der Waals surface area contributed by atoms with E-state index in [0.717, 1.165) is 17.7 Å². The zero-order valence-electron chi connectivity index (χ0n) is 12.4. The lowest BCUT2D eigenvalue weighted by Crippen LogP contribution is -2.50. The lowest BCUT2D eigenvalue weighted by Gasteiger charge is -2.25. The van der Waals surface area contributed by atoms with E-state index < -0.39 is 11.5 Å². The van der Waals surface area contributed by atoms with Crippen LogP contribution >= 0.6 is 0 Å². The predicted octanol–water partition coefficient (Wildman–Crippen LogP) is 2.67. The van der Waals surface area contributed by atoms with Crippen LogP contribution in [0.4, 0.5) is 0 Å². The standard InChI is InChI=1S/C16H23NO3/c1-4-17-16(15(18)19)8-7-13(10-16)20-14-6-5-11(2)9-12(14)3/h5-6,9,13,17H,4,7-8,10H2,1-3H3,(H,18,19). The van der Waals surface area contributed by atoms with Crippen molar-refractivity contribution < 1.29 is 14.6 Å². The van der Waals surface area contributed by atoms with Crippen molar-refractivity contribution in [1.29, 1.82) is 0 Å². The minimum absolute atomic E-state index is 0.0356. The van der Waals surface area contributed by atoms with E-state index in [4.69, 9.17) is 4.74 Å². The van der Waals surface area contributed by atoms with Crippen molar-refractivity contribution in [1.82, 2.24) is 5.32 Å². The summed E-state index contributed by atoms with van der Waals surface area (Å²) >= 11 is 0. The molecule has 1 aromatic rings. The molecule has 1 saturated carbocycles. The number of rotatable bonds is 5. The first-order chi connectivity index (χ1) is 9.47. The van der Waals surface area contributed by atoms with Gasteiger partial charge in [0, 0.05) is 6.42 Å². The molecule has 0 bridgehead atoms. The molecule has 0 amide bonds. The van der Waals surface area contributed by atoms with Gasteiger partial charge in [-0.25, -0.2) is 0 Å². The van der Waals surface area contributed by atoms with Crippen molar-refractivity contribution in [3.05, 3.63) is 29.3 Å². The van der Waals surface area contributed by atoms with Gasteiger partial charge in [0.1, 0.15) is 17.4 Å². The van der Waals surface area contributed by atoms with E-state index in [0.29, 0.717) is 19.4 Å². The SMILES string of the molecule is CCNC1(C(=O)O)CCC(Oc2ccc(C)cc2C)C1. The number of benzene rings is 1. The quantitative estimate of drug-likeness (QED) is 0.868. The molecule has 0 aliphatic heterocycles. The number of nitrogens with one attached hydrogen (secondary N) is 1. The number of ether oxygens (including phenoxy) is 1. The fourth-order valence-electron chi connectivity index (χ4n) is 2.98. The number of likely N-dealkylation sites (N-methyl/N-ethyl adjacent to an activating group) is 1. The second kappa shape index (κ2) is 5.83. The number of hydrogen-bond donors (Lipinski definition) is 2. The van der Waals surface area contributed by atoms with Crippen LogP contribution in [-0.2, 0) is 4.79 Å². The fourth-order valence-corrected chi connectivity index (χ4v) is 2.98. The van der Waals surface area contributed by atoms with Gasteiger partial charge in [0.2, 0.25) is 0 Å². The highest BCUT2D eigenvalue weighted by Crippen LogP contribution is 2.34. The Morgan fingerprint density at radius 1 is 1.50 bits per heavy atom. The maximum atomic E-state index is 11.5. The molecule has 4 heteroatoms. The highest BCUT2D eigenvalue weighted by Gasteiger charge is 2.45. The van der Waals surface area contributed by atoms with Gasteiger partial charge in [-0.05, 0) is 44.9 Å². The first-order valence-electron chi connectivity index (χ1n) is 7.19. The molecule has 0 spiro atoms. The maximum absolute atomic E-state index is 11.5. The second-order valence-corrected chi connectivity index (χ2v) is 5.67. The van der Waals surface area contributed by atoms with E-state index in [9.17, 15) is 9.90 Å². The molecule has 1 aromatic carbocycles. The van der Waals surface area contributed by atoms with Gasteiger partial charge in [0.05, 0.1) is 0 Å². The molecular weight excluding hydrogens is 254 g/mol.